The van der Waals surface area contributed by atoms with E-state index in [4.69, 9.17) is 16.3 Å². The Morgan fingerprint density at radius 2 is 2.00 bits per heavy atom. The molecule has 1 N–H and O–H groups in total. The van der Waals surface area contributed by atoms with Gasteiger partial charge in [-0.15, -0.1) is 11.3 Å². The zero-order valence-corrected chi connectivity index (χ0v) is 13.9. The highest BCUT2D eigenvalue weighted by molar-refractivity contribution is 7.12. The number of ether oxygens (including phenoxy) is 1. The number of aryl methyl sites for hydroxylation is 2. The Balaban J connectivity index is 2.51. The monoisotopic (exact) mass is 309 g/mol. The number of thiophene rings is 1. The molecule has 20 heavy (non-hydrogen) atoms. The molecule has 1 heterocycles. The Morgan fingerprint density at radius 1 is 1.25 bits per heavy atom. The first-order chi connectivity index (χ1) is 9.56. The molecule has 0 aliphatic heterocycles. The van der Waals surface area contributed by atoms with Crippen LogP contribution in [0.3, 0.4) is 0 Å². The summed E-state index contributed by atoms with van der Waals surface area (Å²) in [5, 5.41) is 4.24. The van der Waals surface area contributed by atoms with E-state index in [0.717, 1.165) is 17.9 Å². The van der Waals surface area contributed by atoms with Crippen molar-refractivity contribution < 1.29 is 4.74 Å². The van der Waals surface area contributed by atoms with Gasteiger partial charge in [0.1, 0.15) is 5.75 Å². The molecule has 0 saturated heterocycles. The van der Waals surface area contributed by atoms with Crippen molar-refractivity contribution in [1.29, 1.82) is 0 Å². The fourth-order valence-electron chi connectivity index (χ4n) is 2.45. The highest BCUT2D eigenvalue weighted by Crippen LogP contribution is 2.36. The van der Waals surface area contributed by atoms with Crippen LogP contribution in [0.15, 0.2) is 24.3 Å². The van der Waals surface area contributed by atoms with E-state index < -0.39 is 0 Å². The maximum atomic E-state index is 6.06. The van der Waals surface area contributed by atoms with Crippen LogP contribution in [0.2, 0.25) is 5.02 Å². The summed E-state index contributed by atoms with van der Waals surface area (Å²) in [5.74, 6) is 0.826. The topological polar surface area (TPSA) is 21.3 Å². The Labute approximate surface area is 129 Å². The van der Waals surface area contributed by atoms with E-state index in [1.54, 1.807) is 7.11 Å². The van der Waals surface area contributed by atoms with Gasteiger partial charge in [-0.25, -0.2) is 0 Å². The van der Waals surface area contributed by atoms with Gasteiger partial charge in [-0.3, -0.25) is 0 Å². The number of benzene rings is 1. The molecule has 4 heteroatoms. The fraction of sp³-hybridized carbons (Fsp3) is 0.375. The lowest BCUT2D eigenvalue weighted by Crippen LogP contribution is -2.22. The second kappa shape index (κ2) is 6.61. The summed E-state index contributed by atoms with van der Waals surface area (Å²) in [6.45, 7) is 7.32. The van der Waals surface area contributed by atoms with Crippen LogP contribution in [0.1, 0.15) is 33.8 Å². The average molecular weight is 310 g/mol. The predicted octanol–water partition coefficient (Wildman–Crippen LogP) is 4.73. The van der Waals surface area contributed by atoms with Gasteiger partial charge in [0.2, 0.25) is 0 Å². The lowest BCUT2D eigenvalue weighted by molar-refractivity contribution is 0.404. The molecule has 2 rings (SSSR count). The van der Waals surface area contributed by atoms with Crippen molar-refractivity contribution in [2.45, 2.75) is 26.8 Å². The SMILES string of the molecule is CCNC(c1ccc(Cl)cc1OC)c1cc(C)sc1C. The Morgan fingerprint density at radius 3 is 2.55 bits per heavy atom. The normalized spacial score (nSPS) is 12.4. The van der Waals surface area contributed by atoms with Crippen LogP contribution < -0.4 is 10.1 Å². The highest BCUT2D eigenvalue weighted by Gasteiger charge is 2.20. The van der Waals surface area contributed by atoms with Gasteiger partial charge in [0.15, 0.2) is 0 Å². The summed E-state index contributed by atoms with van der Waals surface area (Å²) < 4.78 is 5.50. The van der Waals surface area contributed by atoms with Crippen molar-refractivity contribution in [3.05, 3.63) is 50.2 Å². The summed E-state index contributed by atoms with van der Waals surface area (Å²) in [4.78, 5) is 2.67. The fourth-order valence-corrected chi connectivity index (χ4v) is 3.58. The number of halogens is 1. The highest BCUT2D eigenvalue weighted by atomic mass is 35.5. The van der Waals surface area contributed by atoms with Crippen LogP contribution in [0.4, 0.5) is 0 Å². The molecule has 0 fully saturated rings. The second-order valence-electron chi connectivity index (χ2n) is 4.75. The van der Waals surface area contributed by atoms with E-state index in [2.05, 4.69) is 32.2 Å². The van der Waals surface area contributed by atoms with Crippen LogP contribution in [0, 0.1) is 13.8 Å². The predicted molar refractivity (Wildman–Crippen MR) is 87.3 cm³/mol. The Kier molecular flexibility index (Phi) is 5.08. The molecule has 0 radical (unpaired) electrons. The van der Waals surface area contributed by atoms with E-state index in [9.17, 15) is 0 Å². The van der Waals surface area contributed by atoms with Gasteiger partial charge in [-0.05, 0) is 44.2 Å². The van der Waals surface area contributed by atoms with Gasteiger partial charge in [-0.1, -0.05) is 24.6 Å². The van der Waals surface area contributed by atoms with Gasteiger partial charge in [0.25, 0.3) is 0 Å². The molecule has 1 atom stereocenters. The van der Waals surface area contributed by atoms with Crippen LogP contribution in [0.25, 0.3) is 0 Å². The zero-order valence-electron chi connectivity index (χ0n) is 12.3. The van der Waals surface area contributed by atoms with Crippen molar-refractivity contribution >= 4 is 22.9 Å². The van der Waals surface area contributed by atoms with Crippen molar-refractivity contribution in [2.24, 2.45) is 0 Å². The third-order valence-electron chi connectivity index (χ3n) is 3.31. The third kappa shape index (κ3) is 3.17. The van der Waals surface area contributed by atoms with Gasteiger partial charge < -0.3 is 10.1 Å². The van der Waals surface area contributed by atoms with Gasteiger partial charge in [0.05, 0.1) is 13.2 Å². The first-order valence-electron chi connectivity index (χ1n) is 6.70. The summed E-state index contributed by atoms with van der Waals surface area (Å²) >= 11 is 7.89. The van der Waals surface area contributed by atoms with Crippen LogP contribution in [-0.2, 0) is 0 Å². The van der Waals surface area contributed by atoms with E-state index in [1.165, 1.54) is 15.3 Å². The summed E-state index contributed by atoms with van der Waals surface area (Å²) in [6.07, 6.45) is 0. The number of nitrogens with one attached hydrogen (secondary N) is 1. The van der Waals surface area contributed by atoms with Gasteiger partial charge in [0, 0.05) is 20.3 Å². The lowest BCUT2D eigenvalue weighted by atomic mass is 9.98. The van der Waals surface area contributed by atoms with Crippen molar-refractivity contribution in [2.75, 3.05) is 13.7 Å². The quantitative estimate of drug-likeness (QED) is 0.862. The molecule has 2 aromatic rings. The first kappa shape index (κ1) is 15.4. The standard InChI is InChI=1S/C16H20ClNOS/c1-5-18-16(14-8-10(2)20-11(14)3)13-7-6-12(17)9-15(13)19-4/h6-9,16,18H,5H2,1-4H3. The number of rotatable bonds is 5. The molecule has 0 amide bonds. The Hall–Kier alpha value is -1.03. The Bertz CT molecular complexity index is 594. The summed E-state index contributed by atoms with van der Waals surface area (Å²) in [6, 6.07) is 8.22. The van der Waals surface area contributed by atoms with Crippen molar-refractivity contribution in [3.8, 4) is 5.75 Å². The average Bonchev–Trinajstić information content (AvgIpc) is 2.75. The van der Waals surface area contributed by atoms with E-state index in [-0.39, 0.29) is 6.04 Å². The molecule has 0 bridgehead atoms. The molecular weight excluding hydrogens is 290 g/mol. The van der Waals surface area contributed by atoms with Gasteiger partial charge in [-0.2, -0.15) is 0 Å². The minimum Gasteiger partial charge on any atom is -0.496 e. The van der Waals surface area contributed by atoms with Crippen LogP contribution in [-0.4, -0.2) is 13.7 Å². The summed E-state index contributed by atoms with van der Waals surface area (Å²) in [7, 11) is 1.68. The number of hydrogen-bond acceptors (Lipinski definition) is 3. The minimum atomic E-state index is 0.136. The van der Waals surface area contributed by atoms with E-state index in [1.807, 2.05) is 29.5 Å². The number of methoxy groups -OCH3 is 1. The molecule has 108 valence electrons. The zero-order chi connectivity index (χ0) is 14.7. The lowest BCUT2D eigenvalue weighted by Gasteiger charge is -2.21. The molecular formula is C16H20ClNOS. The van der Waals surface area contributed by atoms with Crippen LogP contribution >= 0.6 is 22.9 Å². The molecule has 0 aliphatic rings. The summed E-state index contributed by atoms with van der Waals surface area (Å²) in [5.41, 5.74) is 2.44. The molecule has 2 nitrogen and oxygen atoms in total. The maximum absolute atomic E-state index is 6.06. The molecule has 1 aromatic heterocycles. The molecule has 0 aliphatic carbocycles. The van der Waals surface area contributed by atoms with E-state index >= 15 is 0 Å². The third-order valence-corrected chi connectivity index (χ3v) is 4.52. The molecule has 0 saturated carbocycles. The largest absolute Gasteiger partial charge is 0.496 e. The van der Waals surface area contributed by atoms with Crippen molar-refractivity contribution in [3.63, 3.8) is 0 Å². The molecule has 1 aromatic carbocycles. The minimum absolute atomic E-state index is 0.136. The second-order valence-corrected chi connectivity index (χ2v) is 6.64. The van der Waals surface area contributed by atoms with Gasteiger partial charge >= 0.3 is 0 Å². The van der Waals surface area contributed by atoms with Crippen LogP contribution in [0.5, 0.6) is 5.75 Å². The first-order valence-corrected chi connectivity index (χ1v) is 7.90. The number of hydrogen-bond donors (Lipinski definition) is 1. The van der Waals surface area contributed by atoms with E-state index in [0.29, 0.717) is 5.02 Å². The smallest absolute Gasteiger partial charge is 0.125 e. The molecule has 1 unspecified atom stereocenters. The molecule has 0 spiro atoms. The van der Waals surface area contributed by atoms with Crippen molar-refractivity contribution in [1.82, 2.24) is 5.32 Å². The maximum Gasteiger partial charge on any atom is 0.125 e.